The molecule has 7 nitrogen and oxygen atoms in total. The largest absolute Gasteiger partial charge is 0.486 e. The summed E-state index contributed by atoms with van der Waals surface area (Å²) in [5, 5.41) is 23.2. The molecule has 2 aromatic carbocycles. The highest BCUT2D eigenvalue weighted by molar-refractivity contribution is 7.14. The predicted molar refractivity (Wildman–Crippen MR) is 124 cm³/mol. The van der Waals surface area contributed by atoms with E-state index >= 15 is 0 Å². The van der Waals surface area contributed by atoms with E-state index in [9.17, 15) is 10.1 Å². The molecule has 0 aliphatic heterocycles. The van der Waals surface area contributed by atoms with E-state index in [-0.39, 0.29) is 12.2 Å². The van der Waals surface area contributed by atoms with E-state index in [0.29, 0.717) is 28.0 Å². The highest BCUT2D eigenvalue weighted by Gasteiger charge is 2.14. The van der Waals surface area contributed by atoms with Gasteiger partial charge >= 0.3 is 0 Å². The Labute approximate surface area is 193 Å². The van der Waals surface area contributed by atoms with E-state index in [1.165, 1.54) is 17.4 Å². The normalized spacial score (nSPS) is 10.8. The standard InChI is InChI=1S/C25H16N4O3S/c26-13-17-6-8-20(9-7-17)31-15-22-11-10-21(32-22)12-19(14-27)24(30)29-25-28-23(16-33-25)18-4-2-1-3-5-18/h1-12,16H,15H2,(H,28,29,30)/b19-12+. The topological polar surface area (TPSA) is 112 Å². The van der Waals surface area contributed by atoms with Crippen LogP contribution < -0.4 is 10.1 Å². The summed E-state index contributed by atoms with van der Waals surface area (Å²) < 4.78 is 11.3. The Kier molecular flexibility index (Phi) is 6.60. The molecular formula is C25H16N4O3S. The van der Waals surface area contributed by atoms with Crippen LogP contribution in [0.3, 0.4) is 0 Å². The van der Waals surface area contributed by atoms with Crippen molar-refractivity contribution in [2.24, 2.45) is 0 Å². The zero-order valence-electron chi connectivity index (χ0n) is 17.2. The van der Waals surface area contributed by atoms with E-state index in [1.54, 1.807) is 36.4 Å². The summed E-state index contributed by atoms with van der Waals surface area (Å²) in [6.45, 7) is 0.162. The maximum Gasteiger partial charge on any atom is 0.268 e. The van der Waals surface area contributed by atoms with Crippen LogP contribution in [0.4, 0.5) is 5.13 Å². The second-order valence-electron chi connectivity index (χ2n) is 6.76. The highest BCUT2D eigenvalue weighted by atomic mass is 32.1. The summed E-state index contributed by atoms with van der Waals surface area (Å²) in [6.07, 6.45) is 1.37. The van der Waals surface area contributed by atoms with E-state index in [1.807, 2.05) is 47.9 Å². The van der Waals surface area contributed by atoms with Crippen LogP contribution in [0.1, 0.15) is 17.1 Å². The lowest BCUT2D eigenvalue weighted by molar-refractivity contribution is -0.112. The number of benzene rings is 2. The molecule has 0 saturated carbocycles. The van der Waals surface area contributed by atoms with Gasteiger partial charge in [0, 0.05) is 17.0 Å². The smallest absolute Gasteiger partial charge is 0.268 e. The van der Waals surface area contributed by atoms with Gasteiger partial charge in [-0.25, -0.2) is 4.98 Å². The average Bonchev–Trinajstić information content (AvgIpc) is 3.51. The third-order valence-corrected chi connectivity index (χ3v) is 5.25. The van der Waals surface area contributed by atoms with Gasteiger partial charge in [0.05, 0.1) is 17.3 Å². The highest BCUT2D eigenvalue weighted by Crippen LogP contribution is 2.25. The molecule has 8 heteroatoms. The van der Waals surface area contributed by atoms with Gasteiger partial charge in [0.25, 0.3) is 5.91 Å². The second-order valence-corrected chi connectivity index (χ2v) is 7.61. The molecule has 0 aliphatic carbocycles. The number of nitrogens with one attached hydrogen (secondary N) is 1. The number of carbonyl (C=O) groups is 1. The van der Waals surface area contributed by atoms with Gasteiger partial charge in [-0.2, -0.15) is 10.5 Å². The fraction of sp³-hybridized carbons (Fsp3) is 0.0400. The Morgan fingerprint density at radius 1 is 1.09 bits per heavy atom. The van der Waals surface area contributed by atoms with E-state index < -0.39 is 5.91 Å². The van der Waals surface area contributed by atoms with E-state index in [4.69, 9.17) is 14.4 Å². The Bertz CT molecular complexity index is 1370. The zero-order valence-corrected chi connectivity index (χ0v) is 18.0. The maximum atomic E-state index is 12.5. The Hall–Kier alpha value is -4.66. The van der Waals surface area contributed by atoms with Crippen molar-refractivity contribution in [1.82, 2.24) is 4.98 Å². The van der Waals surface area contributed by atoms with Gasteiger partial charge in [-0.3, -0.25) is 10.1 Å². The number of ether oxygens (including phenoxy) is 1. The van der Waals surface area contributed by atoms with Crippen LogP contribution in [-0.4, -0.2) is 10.9 Å². The number of hydrogen-bond acceptors (Lipinski definition) is 7. The van der Waals surface area contributed by atoms with Gasteiger partial charge in [-0.1, -0.05) is 30.3 Å². The first kappa shape index (κ1) is 21.6. The first-order valence-corrected chi connectivity index (χ1v) is 10.7. The SMILES string of the molecule is N#C/C(=C\c1ccc(COc2ccc(C#N)cc2)o1)C(=O)Nc1nc(-c2ccccc2)cs1. The molecular weight excluding hydrogens is 436 g/mol. The number of hydrogen-bond donors (Lipinski definition) is 1. The van der Waals surface area contributed by atoms with E-state index in [0.717, 1.165) is 11.3 Å². The van der Waals surface area contributed by atoms with Crippen molar-refractivity contribution in [3.8, 4) is 29.1 Å². The predicted octanol–water partition coefficient (Wildman–Crippen LogP) is 5.40. The molecule has 0 saturated heterocycles. The molecule has 1 amide bonds. The molecule has 2 heterocycles. The number of furan rings is 1. The maximum absolute atomic E-state index is 12.5. The van der Waals surface area contributed by atoms with Crippen LogP contribution in [0.5, 0.6) is 5.75 Å². The molecule has 0 aliphatic rings. The van der Waals surface area contributed by atoms with Crippen LogP contribution in [0.15, 0.2) is 82.1 Å². The molecule has 4 rings (SSSR count). The van der Waals surface area contributed by atoms with Crippen molar-refractivity contribution in [2.75, 3.05) is 5.32 Å². The molecule has 0 fully saturated rings. The number of rotatable bonds is 7. The fourth-order valence-corrected chi connectivity index (χ4v) is 3.57. The lowest BCUT2D eigenvalue weighted by Crippen LogP contribution is -2.13. The molecule has 33 heavy (non-hydrogen) atoms. The lowest BCUT2D eigenvalue weighted by atomic mass is 10.2. The Morgan fingerprint density at radius 2 is 1.88 bits per heavy atom. The van der Waals surface area contributed by atoms with Gasteiger partial charge in [0.15, 0.2) is 5.13 Å². The third-order valence-electron chi connectivity index (χ3n) is 4.49. The van der Waals surface area contributed by atoms with Crippen LogP contribution in [0, 0.1) is 22.7 Å². The summed E-state index contributed by atoms with van der Waals surface area (Å²) in [7, 11) is 0. The van der Waals surface area contributed by atoms with Crippen molar-refractivity contribution in [3.63, 3.8) is 0 Å². The van der Waals surface area contributed by atoms with Crippen LogP contribution >= 0.6 is 11.3 Å². The summed E-state index contributed by atoms with van der Waals surface area (Å²) in [5.41, 5.74) is 2.12. The van der Waals surface area contributed by atoms with Gasteiger partial charge in [0.2, 0.25) is 0 Å². The number of anilines is 1. The first-order chi connectivity index (χ1) is 16.1. The van der Waals surface area contributed by atoms with Crippen molar-refractivity contribution < 1.29 is 13.9 Å². The summed E-state index contributed by atoms with van der Waals surface area (Å²) in [5.74, 6) is 0.899. The molecule has 4 aromatic rings. The van der Waals surface area contributed by atoms with Gasteiger partial charge in [-0.05, 0) is 36.4 Å². The molecule has 160 valence electrons. The van der Waals surface area contributed by atoms with Crippen LogP contribution in [-0.2, 0) is 11.4 Å². The zero-order chi connectivity index (χ0) is 23.0. The Morgan fingerprint density at radius 3 is 2.61 bits per heavy atom. The molecule has 0 atom stereocenters. The first-order valence-electron chi connectivity index (χ1n) is 9.80. The van der Waals surface area contributed by atoms with Crippen LogP contribution in [0.25, 0.3) is 17.3 Å². The number of nitrogens with zero attached hydrogens (tertiary/aromatic N) is 3. The molecule has 1 N–H and O–H groups in total. The quantitative estimate of drug-likeness (QED) is 0.297. The summed E-state index contributed by atoms with van der Waals surface area (Å²) in [6, 6.07) is 23.6. The molecule has 0 bridgehead atoms. The summed E-state index contributed by atoms with van der Waals surface area (Å²) in [4.78, 5) is 16.9. The minimum absolute atomic E-state index is 0.111. The van der Waals surface area contributed by atoms with Gasteiger partial charge < -0.3 is 9.15 Å². The minimum atomic E-state index is -0.571. The summed E-state index contributed by atoms with van der Waals surface area (Å²) >= 11 is 1.28. The molecule has 0 unspecified atom stereocenters. The van der Waals surface area contributed by atoms with Crippen molar-refractivity contribution in [2.45, 2.75) is 6.61 Å². The number of carbonyl (C=O) groups excluding carboxylic acids is 1. The lowest BCUT2D eigenvalue weighted by Gasteiger charge is -2.03. The molecule has 0 radical (unpaired) electrons. The second kappa shape index (κ2) is 10.1. The van der Waals surface area contributed by atoms with Gasteiger partial charge in [-0.15, -0.1) is 11.3 Å². The third kappa shape index (κ3) is 5.53. The average molecular weight is 452 g/mol. The Balaban J connectivity index is 1.39. The van der Waals surface area contributed by atoms with E-state index in [2.05, 4.69) is 10.3 Å². The van der Waals surface area contributed by atoms with Crippen molar-refractivity contribution >= 4 is 28.5 Å². The molecule has 0 spiro atoms. The minimum Gasteiger partial charge on any atom is -0.486 e. The number of nitriles is 2. The number of thiazole rings is 1. The fourth-order valence-electron chi connectivity index (χ4n) is 2.86. The number of amides is 1. The number of aromatic nitrogens is 1. The van der Waals surface area contributed by atoms with Crippen molar-refractivity contribution in [1.29, 1.82) is 10.5 Å². The van der Waals surface area contributed by atoms with Gasteiger partial charge in [0.1, 0.15) is 35.5 Å². The monoisotopic (exact) mass is 452 g/mol. The van der Waals surface area contributed by atoms with Crippen molar-refractivity contribution in [3.05, 3.63) is 94.8 Å². The van der Waals surface area contributed by atoms with Crippen LogP contribution in [0.2, 0.25) is 0 Å². The molecule has 2 aromatic heterocycles.